The number of aliphatic carboxylic acids is 1. The number of ether oxygens (including phenoxy) is 1. The molecule has 0 unspecified atom stereocenters. The van der Waals surface area contributed by atoms with Gasteiger partial charge >= 0.3 is 11.9 Å². The normalized spacial score (nSPS) is 11.9. The molecule has 0 spiro atoms. The van der Waals surface area contributed by atoms with Crippen LogP contribution in [-0.4, -0.2) is 23.7 Å². The van der Waals surface area contributed by atoms with Gasteiger partial charge in [-0.05, 0) is 31.6 Å². The van der Waals surface area contributed by atoms with Crippen LogP contribution in [0.3, 0.4) is 0 Å². The van der Waals surface area contributed by atoms with Gasteiger partial charge in [0.2, 0.25) is 0 Å². The van der Waals surface area contributed by atoms with Gasteiger partial charge in [0.25, 0.3) is 0 Å². The summed E-state index contributed by atoms with van der Waals surface area (Å²) in [6.45, 7) is 9.92. The third-order valence-electron chi connectivity index (χ3n) is 2.84. The first-order valence-corrected chi connectivity index (χ1v) is 6.62. The third-order valence-corrected chi connectivity index (χ3v) is 2.84. The standard InChI is InChI=1S/C14H26O4/c1-6-18-12(15)9-14(13(16)17,7-10(2)3)8-11(4)5/h10-11H,6-9H2,1-5H3,(H,16,17). The molecule has 0 saturated carbocycles. The van der Waals surface area contributed by atoms with Gasteiger partial charge in [-0.15, -0.1) is 0 Å². The second-order valence-corrected chi connectivity index (χ2v) is 5.76. The van der Waals surface area contributed by atoms with E-state index in [2.05, 4.69) is 0 Å². The van der Waals surface area contributed by atoms with Crippen molar-refractivity contribution in [3.8, 4) is 0 Å². The third kappa shape index (κ3) is 5.52. The highest BCUT2D eigenvalue weighted by atomic mass is 16.5. The summed E-state index contributed by atoms with van der Waals surface area (Å²) in [4.78, 5) is 23.3. The van der Waals surface area contributed by atoms with Crippen molar-refractivity contribution in [2.75, 3.05) is 6.61 Å². The van der Waals surface area contributed by atoms with E-state index in [4.69, 9.17) is 4.74 Å². The van der Waals surface area contributed by atoms with Crippen molar-refractivity contribution in [3.05, 3.63) is 0 Å². The zero-order chi connectivity index (χ0) is 14.3. The number of hydrogen-bond acceptors (Lipinski definition) is 3. The largest absolute Gasteiger partial charge is 0.481 e. The van der Waals surface area contributed by atoms with Crippen molar-refractivity contribution < 1.29 is 19.4 Å². The summed E-state index contributed by atoms with van der Waals surface area (Å²) in [6.07, 6.45) is 0.963. The van der Waals surface area contributed by atoms with Crippen LogP contribution >= 0.6 is 0 Å². The van der Waals surface area contributed by atoms with Gasteiger partial charge in [-0.25, -0.2) is 0 Å². The quantitative estimate of drug-likeness (QED) is 0.679. The summed E-state index contributed by atoms with van der Waals surface area (Å²) in [7, 11) is 0. The van der Waals surface area contributed by atoms with Crippen molar-refractivity contribution in [1.82, 2.24) is 0 Å². The summed E-state index contributed by atoms with van der Waals surface area (Å²) in [5.74, 6) is -0.845. The summed E-state index contributed by atoms with van der Waals surface area (Å²) in [5, 5.41) is 9.53. The lowest BCUT2D eigenvalue weighted by atomic mass is 9.72. The van der Waals surface area contributed by atoms with Crippen molar-refractivity contribution >= 4 is 11.9 Å². The minimum Gasteiger partial charge on any atom is -0.481 e. The number of carbonyl (C=O) groups excluding carboxylic acids is 1. The lowest BCUT2D eigenvalue weighted by molar-refractivity contribution is -0.160. The Hall–Kier alpha value is -1.06. The average molecular weight is 258 g/mol. The van der Waals surface area contributed by atoms with Crippen LogP contribution in [0.2, 0.25) is 0 Å². The van der Waals surface area contributed by atoms with E-state index in [9.17, 15) is 14.7 Å². The van der Waals surface area contributed by atoms with Gasteiger partial charge in [0.1, 0.15) is 0 Å². The molecule has 0 fully saturated rings. The molecule has 0 aliphatic carbocycles. The monoisotopic (exact) mass is 258 g/mol. The molecule has 0 heterocycles. The van der Waals surface area contributed by atoms with E-state index in [0.717, 1.165) is 0 Å². The molecule has 0 aliphatic rings. The molecule has 18 heavy (non-hydrogen) atoms. The zero-order valence-corrected chi connectivity index (χ0v) is 12.2. The maximum Gasteiger partial charge on any atom is 0.310 e. The summed E-state index contributed by atoms with van der Waals surface area (Å²) in [6, 6.07) is 0. The molecule has 4 nitrogen and oxygen atoms in total. The number of esters is 1. The molecule has 0 bridgehead atoms. The van der Waals surface area contributed by atoms with E-state index in [1.165, 1.54) is 0 Å². The first kappa shape index (κ1) is 16.9. The number of carboxylic acids is 1. The number of carbonyl (C=O) groups is 2. The van der Waals surface area contributed by atoms with E-state index in [0.29, 0.717) is 12.8 Å². The fourth-order valence-electron chi connectivity index (χ4n) is 2.53. The van der Waals surface area contributed by atoms with Crippen LogP contribution in [0.4, 0.5) is 0 Å². The summed E-state index contributed by atoms with van der Waals surface area (Å²) < 4.78 is 4.91. The maximum absolute atomic E-state index is 11.6. The lowest BCUT2D eigenvalue weighted by Gasteiger charge is -2.31. The Bertz CT molecular complexity index is 272. The van der Waals surface area contributed by atoms with Crippen molar-refractivity contribution in [2.45, 2.75) is 53.9 Å². The predicted octanol–water partition coefficient (Wildman–Crippen LogP) is 3.10. The second-order valence-electron chi connectivity index (χ2n) is 5.76. The fraction of sp³-hybridized carbons (Fsp3) is 0.857. The molecule has 0 aliphatic heterocycles. The molecule has 106 valence electrons. The Morgan fingerprint density at radius 3 is 1.83 bits per heavy atom. The smallest absolute Gasteiger partial charge is 0.310 e. The fourth-order valence-corrected chi connectivity index (χ4v) is 2.53. The second kappa shape index (κ2) is 7.39. The Kier molecular flexibility index (Phi) is 6.96. The van der Waals surface area contributed by atoms with Crippen LogP contribution in [0, 0.1) is 17.3 Å². The van der Waals surface area contributed by atoms with E-state index in [1.54, 1.807) is 6.92 Å². The van der Waals surface area contributed by atoms with E-state index >= 15 is 0 Å². The molecule has 0 aromatic rings. The van der Waals surface area contributed by atoms with E-state index < -0.39 is 17.4 Å². The maximum atomic E-state index is 11.6. The van der Waals surface area contributed by atoms with Crippen molar-refractivity contribution in [2.24, 2.45) is 17.3 Å². The van der Waals surface area contributed by atoms with Gasteiger partial charge in [-0.2, -0.15) is 0 Å². The SMILES string of the molecule is CCOC(=O)CC(CC(C)C)(CC(C)C)C(=O)O. The molecule has 0 aromatic carbocycles. The van der Waals surface area contributed by atoms with Gasteiger partial charge in [-0.3, -0.25) is 9.59 Å². The lowest BCUT2D eigenvalue weighted by Crippen LogP contribution is -2.37. The van der Waals surface area contributed by atoms with Gasteiger partial charge in [0.05, 0.1) is 18.4 Å². The first-order chi connectivity index (χ1) is 8.23. The van der Waals surface area contributed by atoms with Gasteiger partial charge < -0.3 is 9.84 Å². The molecule has 1 N–H and O–H groups in total. The average Bonchev–Trinajstić information content (AvgIpc) is 2.14. The number of hydrogen-bond donors (Lipinski definition) is 1. The molecular weight excluding hydrogens is 232 g/mol. The van der Waals surface area contributed by atoms with Crippen molar-refractivity contribution in [3.63, 3.8) is 0 Å². The molecule has 0 aromatic heterocycles. The number of carboxylic acid groups (broad SMARTS) is 1. The van der Waals surface area contributed by atoms with E-state index in [-0.39, 0.29) is 24.9 Å². The molecule has 0 atom stereocenters. The van der Waals surface area contributed by atoms with Crippen LogP contribution in [0.25, 0.3) is 0 Å². The Morgan fingerprint density at radius 2 is 1.56 bits per heavy atom. The van der Waals surface area contributed by atoms with Gasteiger partial charge in [-0.1, -0.05) is 27.7 Å². The van der Waals surface area contributed by atoms with Gasteiger partial charge in [0, 0.05) is 0 Å². The molecule has 0 amide bonds. The Morgan fingerprint density at radius 1 is 1.11 bits per heavy atom. The van der Waals surface area contributed by atoms with Crippen LogP contribution in [0.5, 0.6) is 0 Å². The zero-order valence-electron chi connectivity index (χ0n) is 12.2. The topological polar surface area (TPSA) is 63.6 Å². The van der Waals surface area contributed by atoms with Crippen LogP contribution in [0.1, 0.15) is 53.9 Å². The Balaban J connectivity index is 5.06. The minimum absolute atomic E-state index is 0.0352. The van der Waals surface area contributed by atoms with E-state index in [1.807, 2.05) is 27.7 Å². The van der Waals surface area contributed by atoms with Crippen molar-refractivity contribution in [1.29, 1.82) is 0 Å². The first-order valence-electron chi connectivity index (χ1n) is 6.62. The van der Waals surface area contributed by atoms with Crippen LogP contribution < -0.4 is 0 Å². The highest BCUT2D eigenvalue weighted by Crippen LogP contribution is 2.38. The highest BCUT2D eigenvalue weighted by Gasteiger charge is 2.42. The minimum atomic E-state index is -0.991. The summed E-state index contributed by atoms with van der Waals surface area (Å²) >= 11 is 0. The predicted molar refractivity (Wildman–Crippen MR) is 70.2 cm³/mol. The molecule has 0 radical (unpaired) electrons. The highest BCUT2D eigenvalue weighted by molar-refractivity contribution is 5.82. The molecule has 0 saturated heterocycles. The molecular formula is C14H26O4. The Labute approximate surface area is 110 Å². The summed E-state index contributed by atoms with van der Waals surface area (Å²) in [5.41, 5.74) is -0.991. The van der Waals surface area contributed by atoms with Crippen LogP contribution in [-0.2, 0) is 14.3 Å². The molecule has 0 rings (SSSR count). The van der Waals surface area contributed by atoms with Crippen LogP contribution in [0.15, 0.2) is 0 Å². The van der Waals surface area contributed by atoms with Gasteiger partial charge in [0.15, 0.2) is 0 Å². The molecule has 4 heteroatoms. The number of rotatable bonds is 8.